The molecule has 1 heterocycles. The molecule has 1 N–H and O–H groups in total. The normalized spacial score (nSPS) is 10.6. The van der Waals surface area contributed by atoms with Gasteiger partial charge < -0.3 is 10.1 Å². The number of aromatic nitrogens is 1. The SMILES string of the molecule is COC(=O)c1ccc(C)c(NC(=O)Cc2sc(C)nc2-c2ccc(F)cc2)c1. The number of esters is 1. The summed E-state index contributed by atoms with van der Waals surface area (Å²) < 4.78 is 17.9. The van der Waals surface area contributed by atoms with Gasteiger partial charge in [-0.05, 0) is 55.8 Å². The van der Waals surface area contributed by atoms with Crippen LogP contribution in [-0.4, -0.2) is 24.0 Å². The molecule has 0 aliphatic heterocycles. The number of thiazole rings is 1. The van der Waals surface area contributed by atoms with E-state index in [1.807, 2.05) is 13.8 Å². The summed E-state index contributed by atoms with van der Waals surface area (Å²) >= 11 is 1.43. The second-order valence-electron chi connectivity index (χ2n) is 6.26. The Labute approximate surface area is 166 Å². The molecule has 3 rings (SSSR count). The topological polar surface area (TPSA) is 68.3 Å². The van der Waals surface area contributed by atoms with Crippen LogP contribution in [0.3, 0.4) is 0 Å². The molecule has 0 fully saturated rings. The van der Waals surface area contributed by atoms with Crippen LogP contribution in [0.15, 0.2) is 42.5 Å². The quantitative estimate of drug-likeness (QED) is 0.641. The highest BCUT2D eigenvalue weighted by Crippen LogP contribution is 2.29. The van der Waals surface area contributed by atoms with E-state index in [4.69, 9.17) is 4.74 Å². The van der Waals surface area contributed by atoms with E-state index in [0.717, 1.165) is 21.0 Å². The number of hydrogen-bond acceptors (Lipinski definition) is 5. The second kappa shape index (κ2) is 8.31. The van der Waals surface area contributed by atoms with Crippen molar-refractivity contribution in [3.05, 3.63) is 69.3 Å². The van der Waals surface area contributed by atoms with Crippen molar-refractivity contribution in [3.8, 4) is 11.3 Å². The standard InChI is InChI=1S/C21H19FN2O3S/c1-12-4-5-15(21(26)27-3)10-17(12)24-19(25)11-18-20(23-13(2)28-18)14-6-8-16(22)9-7-14/h4-10H,11H2,1-3H3,(H,24,25). The minimum Gasteiger partial charge on any atom is -0.465 e. The van der Waals surface area contributed by atoms with Gasteiger partial charge in [-0.2, -0.15) is 0 Å². The Morgan fingerprint density at radius 3 is 2.54 bits per heavy atom. The van der Waals surface area contributed by atoms with Crippen LogP contribution < -0.4 is 5.32 Å². The van der Waals surface area contributed by atoms with Crippen LogP contribution in [0.25, 0.3) is 11.3 Å². The smallest absolute Gasteiger partial charge is 0.337 e. The van der Waals surface area contributed by atoms with Gasteiger partial charge in [-0.15, -0.1) is 11.3 Å². The summed E-state index contributed by atoms with van der Waals surface area (Å²) in [5.74, 6) is -1.01. The van der Waals surface area contributed by atoms with E-state index in [-0.39, 0.29) is 18.1 Å². The molecule has 0 aliphatic carbocycles. The molecule has 28 heavy (non-hydrogen) atoms. The summed E-state index contributed by atoms with van der Waals surface area (Å²) in [5, 5.41) is 3.67. The minimum absolute atomic E-state index is 0.125. The molecule has 0 bridgehead atoms. The molecule has 0 aliphatic rings. The second-order valence-corrected chi connectivity index (χ2v) is 7.55. The van der Waals surface area contributed by atoms with Crippen molar-refractivity contribution >= 4 is 28.9 Å². The van der Waals surface area contributed by atoms with Crippen molar-refractivity contribution in [1.29, 1.82) is 0 Å². The summed E-state index contributed by atoms with van der Waals surface area (Å²) in [6.45, 7) is 3.71. The third-order valence-corrected chi connectivity index (χ3v) is 5.15. The maximum absolute atomic E-state index is 13.2. The molecule has 144 valence electrons. The van der Waals surface area contributed by atoms with E-state index in [0.29, 0.717) is 16.9 Å². The van der Waals surface area contributed by atoms with Gasteiger partial charge in [0.1, 0.15) is 5.82 Å². The first-order valence-electron chi connectivity index (χ1n) is 8.58. The van der Waals surface area contributed by atoms with Gasteiger partial charge in [0.05, 0.1) is 29.8 Å². The largest absolute Gasteiger partial charge is 0.465 e. The van der Waals surface area contributed by atoms with Crippen LogP contribution in [0.4, 0.5) is 10.1 Å². The van der Waals surface area contributed by atoms with E-state index in [9.17, 15) is 14.0 Å². The number of amides is 1. The maximum Gasteiger partial charge on any atom is 0.337 e. The molecular weight excluding hydrogens is 379 g/mol. The average Bonchev–Trinajstić information content (AvgIpc) is 3.03. The first-order valence-corrected chi connectivity index (χ1v) is 9.40. The molecule has 1 amide bonds. The lowest BCUT2D eigenvalue weighted by Crippen LogP contribution is -2.15. The van der Waals surface area contributed by atoms with Crippen molar-refractivity contribution in [2.24, 2.45) is 0 Å². The maximum atomic E-state index is 13.2. The highest BCUT2D eigenvalue weighted by Gasteiger charge is 2.16. The van der Waals surface area contributed by atoms with E-state index < -0.39 is 5.97 Å². The lowest BCUT2D eigenvalue weighted by atomic mass is 10.1. The number of halogens is 1. The number of hydrogen-bond donors (Lipinski definition) is 1. The summed E-state index contributed by atoms with van der Waals surface area (Å²) in [6.07, 6.45) is 0.125. The van der Waals surface area contributed by atoms with Gasteiger partial charge in [0, 0.05) is 16.1 Å². The fraction of sp³-hybridized carbons (Fsp3) is 0.190. The Morgan fingerprint density at radius 1 is 1.14 bits per heavy atom. The van der Waals surface area contributed by atoms with E-state index >= 15 is 0 Å². The van der Waals surface area contributed by atoms with E-state index in [1.54, 1.807) is 30.3 Å². The summed E-state index contributed by atoms with van der Waals surface area (Å²) in [7, 11) is 1.31. The molecule has 0 unspecified atom stereocenters. The first-order chi connectivity index (χ1) is 13.4. The third kappa shape index (κ3) is 4.43. The van der Waals surface area contributed by atoms with Crippen molar-refractivity contribution in [2.75, 3.05) is 12.4 Å². The van der Waals surface area contributed by atoms with Gasteiger partial charge in [0.15, 0.2) is 0 Å². The van der Waals surface area contributed by atoms with Gasteiger partial charge in [0.25, 0.3) is 0 Å². The molecule has 5 nitrogen and oxygen atoms in total. The van der Waals surface area contributed by atoms with E-state index in [2.05, 4.69) is 10.3 Å². The van der Waals surface area contributed by atoms with E-state index in [1.165, 1.54) is 30.6 Å². The molecule has 0 saturated carbocycles. The first kappa shape index (κ1) is 19.7. The van der Waals surface area contributed by atoms with Crippen molar-refractivity contribution in [2.45, 2.75) is 20.3 Å². The van der Waals surface area contributed by atoms with Gasteiger partial charge in [-0.3, -0.25) is 4.79 Å². The number of rotatable bonds is 5. The Hall–Kier alpha value is -3.06. The number of nitrogens with zero attached hydrogens (tertiary/aromatic N) is 1. The number of carbonyl (C=O) groups excluding carboxylic acids is 2. The molecular formula is C21H19FN2O3S. The Balaban J connectivity index is 1.81. The molecule has 0 radical (unpaired) electrons. The lowest BCUT2D eigenvalue weighted by Gasteiger charge is -2.10. The summed E-state index contributed by atoms with van der Waals surface area (Å²) in [4.78, 5) is 29.6. The zero-order valence-electron chi connectivity index (χ0n) is 15.7. The van der Waals surface area contributed by atoms with Crippen molar-refractivity contribution < 1.29 is 18.7 Å². The predicted molar refractivity (Wildman–Crippen MR) is 107 cm³/mol. The molecule has 3 aromatic rings. The summed E-state index contributed by atoms with van der Waals surface area (Å²) in [5.41, 5.74) is 3.19. The molecule has 7 heteroatoms. The highest BCUT2D eigenvalue weighted by atomic mass is 32.1. The Morgan fingerprint density at radius 2 is 1.86 bits per heavy atom. The zero-order valence-corrected chi connectivity index (χ0v) is 16.5. The number of aryl methyl sites for hydroxylation is 2. The van der Waals surface area contributed by atoms with Gasteiger partial charge in [-0.1, -0.05) is 6.07 Å². The van der Waals surface area contributed by atoms with Crippen molar-refractivity contribution in [3.63, 3.8) is 0 Å². The van der Waals surface area contributed by atoms with Gasteiger partial charge in [-0.25, -0.2) is 14.2 Å². The van der Waals surface area contributed by atoms with Crippen LogP contribution in [-0.2, 0) is 16.0 Å². The summed E-state index contributed by atoms with van der Waals surface area (Å²) in [6, 6.07) is 11.0. The fourth-order valence-corrected chi connectivity index (χ4v) is 3.72. The predicted octanol–water partition coefficient (Wildman–Crippen LogP) is 4.53. The fourth-order valence-electron chi connectivity index (χ4n) is 2.76. The lowest BCUT2D eigenvalue weighted by molar-refractivity contribution is -0.115. The average molecular weight is 398 g/mol. The zero-order chi connectivity index (χ0) is 20.3. The molecule has 2 aromatic carbocycles. The van der Waals surface area contributed by atoms with Crippen LogP contribution >= 0.6 is 11.3 Å². The molecule has 1 aromatic heterocycles. The van der Waals surface area contributed by atoms with Crippen molar-refractivity contribution in [1.82, 2.24) is 4.98 Å². The third-order valence-electron chi connectivity index (χ3n) is 4.18. The molecule has 0 saturated heterocycles. The van der Waals surface area contributed by atoms with Crippen LogP contribution in [0.2, 0.25) is 0 Å². The Bertz CT molecular complexity index is 1030. The van der Waals surface area contributed by atoms with Gasteiger partial charge >= 0.3 is 5.97 Å². The number of benzene rings is 2. The highest BCUT2D eigenvalue weighted by molar-refractivity contribution is 7.12. The van der Waals surface area contributed by atoms with Crippen LogP contribution in [0.1, 0.15) is 25.8 Å². The molecule has 0 atom stereocenters. The number of anilines is 1. The van der Waals surface area contributed by atoms with Crippen LogP contribution in [0.5, 0.6) is 0 Å². The van der Waals surface area contributed by atoms with Gasteiger partial charge in [0.2, 0.25) is 5.91 Å². The minimum atomic E-state index is -0.466. The monoisotopic (exact) mass is 398 g/mol. The number of nitrogens with one attached hydrogen (secondary N) is 1. The number of methoxy groups -OCH3 is 1. The van der Waals surface area contributed by atoms with Crippen LogP contribution in [0, 0.1) is 19.7 Å². The number of carbonyl (C=O) groups is 2. The number of ether oxygens (including phenoxy) is 1. The molecule has 0 spiro atoms. The Kier molecular flexibility index (Phi) is 5.84.